The Kier molecular flexibility index (Phi) is 6.83. The Labute approximate surface area is 92.1 Å². The van der Waals surface area contributed by atoms with Crippen molar-refractivity contribution >= 4 is 19.6 Å². The Morgan fingerprint density at radius 2 is 1.93 bits per heavy atom. The lowest BCUT2D eigenvalue weighted by atomic mass is 10.0. The van der Waals surface area contributed by atoms with Crippen LogP contribution < -0.4 is 0 Å². The first kappa shape index (κ1) is 14.0. The number of unbranched alkanes of at least 4 members (excludes halogenated alkanes) is 2. The van der Waals surface area contributed by atoms with E-state index in [2.05, 4.69) is 0 Å². The molecule has 0 rings (SSSR count). The highest BCUT2D eigenvalue weighted by Gasteiger charge is 2.10. The van der Waals surface area contributed by atoms with Gasteiger partial charge in [0.05, 0.1) is 0 Å². The number of amides is 1. The van der Waals surface area contributed by atoms with Crippen molar-refractivity contribution in [3.05, 3.63) is 0 Å². The molecular formula is C10H18BNO3. The minimum Gasteiger partial charge on any atom is -0.481 e. The molecule has 0 bridgehead atoms. The molecule has 1 N–H and O–H groups in total. The quantitative estimate of drug-likeness (QED) is 0.514. The average Bonchev–Trinajstić information content (AvgIpc) is 2.15. The smallest absolute Gasteiger partial charge is 0.303 e. The lowest BCUT2D eigenvalue weighted by Gasteiger charge is -2.23. The minimum atomic E-state index is -0.752. The maximum absolute atomic E-state index is 10.8. The van der Waals surface area contributed by atoms with Gasteiger partial charge in [-0.3, -0.25) is 9.59 Å². The normalized spacial score (nSPS) is 12.1. The topological polar surface area (TPSA) is 57.6 Å². The van der Waals surface area contributed by atoms with Crippen LogP contribution in [0.4, 0.5) is 4.79 Å². The summed E-state index contributed by atoms with van der Waals surface area (Å²) in [7, 11) is 6.79. The van der Waals surface area contributed by atoms with Crippen molar-refractivity contribution in [2.45, 2.75) is 45.1 Å². The van der Waals surface area contributed by atoms with E-state index in [0.29, 0.717) is 6.42 Å². The first-order valence-electron chi connectivity index (χ1n) is 5.19. The molecule has 1 amide bonds. The Morgan fingerprint density at radius 1 is 1.33 bits per heavy atom. The van der Waals surface area contributed by atoms with E-state index < -0.39 is 11.8 Å². The Balaban J connectivity index is 3.50. The van der Waals surface area contributed by atoms with Crippen molar-refractivity contribution < 1.29 is 14.7 Å². The molecule has 0 aliphatic carbocycles. The standard InChI is InChI=1S/C10H18BNO3/c1-8(12(2)10(11)15)6-4-3-5-7-9(13)14/h8H,3-7H2,1-2H3,(H,13,14). The molecule has 84 valence electrons. The first-order valence-corrected chi connectivity index (χ1v) is 5.19. The fraction of sp³-hybridized carbons (Fsp3) is 0.800. The van der Waals surface area contributed by atoms with Crippen LogP contribution in [0.5, 0.6) is 0 Å². The Morgan fingerprint density at radius 3 is 2.40 bits per heavy atom. The summed E-state index contributed by atoms with van der Waals surface area (Å²) >= 11 is 0. The molecule has 0 aliphatic heterocycles. The number of carbonyl (C=O) groups is 2. The van der Waals surface area contributed by atoms with Crippen LogP contribution in [0.15, 0.2) is 0 Å². The third kappa shape index (κ3) is 7.00. The second-order valence-electron chi connectivity index (χ2n) is 3.79. The molecule has 0 saturated carbocycles. The fourth-order valence-corrected chi connectivity index (χ4v) is 1.30. The SMILES string of the molecule is [B]C(=O)N(C)C(C)CCCCCC(=O)O. The van der Waals surface area contributed by atoms with E-state index in [1.807, 2.05) is 6.92 Å². The van der Waals surface area contributed by atoms with Crippen molar-refractivity contribution in [3.63, 3.8) is 0 Å². The summed E-state index contributed by atoms with van der Waals surface area (Å²) in [6.45, 7) is 1.93. The largest absolute Gasteiger partial charge is 0.481 e. The lowest BCUT2D eigenvalue weighted by molar-refractivity contribution is -0.137. The number of hydrogen-bond acceptors (Lipinski definition) is 2. The second kappa shape index (κ2) is 7.32. The molecule has 15 heavy (non-hydrogen) atoms. The van der Waals surface area contributed by atoms with Gasteiger partial charge in [0.2, 0.25) is 7.85 Å². The third-order valence-corrected chi connectivity index (χ3v) is 2.52. The predicted octanol–water partition coefficient (Wildman–Crippen LogP) is 1.63. The molecule has 4 nitrogen and oxygen atoms in total. The van der Waals surface area contributed by atoms with E-state index >= 15 is 0 Å². The second-order valence-corrected chi connectivity index (χ2v) is 3.79. The van der Waals surface area contributed by atoms with Crippen LogP contribution in [-0.4, -0.2) is 42.7 Å². The Hall–Kier alpha value is -0.995. The van der Waals surface area contributed by atoms with Gasteiger partial charge < -0.3 is 10.0 Å². The molecule has 1 atom stereocenters. The van der Waals surface area contributed by atoms with Gasteiger partial charge in [-0.25, -0.2) is 0 Å². The maximum atomic E-state index is 10.8. The van der Waals surface area contributed by atoms with Crippen molar-refractivity contribution in [1.29, 1.82) is 0 Å². The van der Waals surface area contributed by atoms with Gasteiger partial charge in [0, 0.05) is 19.5 Å². The zero-order chi connectivity index (χ0) is 11.8. The van der Waals surface area contributed by atoms with E-state index in [1.54, 1.807) is 7.05 Å². The molecule has 2 radical (unpaired) electrons. The first-order chi connectivity index (χ1) is 6.95. The van der Waals surface area contributed by atoms with Crippen LogP contribution in [0.3, 0.4) is 0 Å². The summed E-state index contributed by atoms with van der Waals surface area (Å²) in [6.07, 6.45) is 3.58. The highest BCUT2D eigenvalue weighted by atomic mass is 16.4. The van der Waals surface area contributed by atoms with Crippen molar-refractivity contribution in [2.24, 2.45) is 0 Å². The van der Waals surface area contributed by atoms with Gasteiger partial charge in [0.1, 0.15) is 0 Å². The summed E-state index contributed by atoms with van der Waals surface area (Å²) < 4.78 is 0. The fourth-order valence-electron chi connectivity index (χ4n) is 1.30. The van der Waals surface area contributed by atoms with Gasteiger partial charge in [-0.05, 0) is 19.8 Å². The maximum Gasteiger partial charge on any atom is 0.303 e. The van der Waals surface area contributed by atoms with Gasteiger partial charge in [-0.2, -0.15) is 0 Å². The number of hydrogen-bond donors (Lipinski definition) is 1. The number of carboxylic acid groups (broad SMARTS) is 1. The van der Waals surface area contributed by atoms with E-state index in [-0.39, 0.29) is 12.5 Å². The van der Waals surface area contributed by atoms with Crippen LogP contribution in [-0.2, 0) is 4.79 Å². The van der Waals surface area contributed by atoms with Gasteiger partial charge in [-0.1, -0.05) is 12.8 Å². The molecule has 0 fully saturated rings. The molecule has 1 unspecified atom stereocenters. The van der Waals surface area contributed by atoms with Gasteiger partial charge in [0.15, 0.2) is 5.81 Å². The summed E-state index contributed by atoms with van der Waals surface area (Å²) in [4.78, 5) is 22.5. The van der Waals surface area contributed by atoms with E-state index in [9.17, 15) is 9.59 Å². The van der Waals surface area contributed by atoms with Gasteiger partial charge >= 0.3 is 5.97 Å². The predicted molar refractivity (Wildman–Crippen MR) is 59.1 cm³/mol. The van der Waals surface area contributed by atoms with Crippen LogP contribution in [0, 0.1) is 0 Å². The average molecular weight is 211 g/mol. The molecule has 0 aromatic heterocycles. The van der Waals surface area contributed by atoms with Crippen molar-refractivity contribution in [2.75, 3.05) is 7.05 Å². The van der Waals surface area contributed by atoms with Crippen LogP contribution in [0.25, 0.3) is 0 Å². The number of aliphatic carboxylic acids is 1. The van der Waals surface area contributed by atoms with Crippen LogP contribution in [0.1, 0.15) is 39.0 Å². The molecule has 0 saturated heterocycles. The lowest BCUT2D eigenvalue weighted by Crippen LogP contribution is -2.34. The molecule has 0 spiro atoms. The molecular weight excluding hydrogens is 193 g/mol. The van der Waals surface area contributed by atoms with E-state index in [4.69, 9.17) is 13.0 Å². The molecule has 0 heterocycles. The molecule has 0 aliphatic rings. The van der Waals surface area contributed by atoms with Gasteiger partial charge in [0.25, 0.3) is 0 Å². The molecule has 0 aromatic carbocycles. The monoisotopic (exact) mass is 211 g/mol. The summed E-state index contributed by atoms with van der Waals surface area (Å²) in [5, 5.41) is 8.41. The van der Waals surface area contributed by atoms with Crippen LogP contribution in [0.2, 0.25) is 0 Å². The van der Waals surface area contributed by atoms with Crippen LogP contribution >= 0.6 is 0 Å². The zero-order valence-corrected chi connectivity index (χ0v) is 9.40. The number of carbonyl (C=O) groups excluding carboxylic acids is 1. The highest BCUT2D eigenvalue weighted by molar-refractivity contribution is 6.56. The summed E-state index contributed by atoms with van der Waals surface area (Å²) in [5.41, 5.74) is 0. The summed E-state index contributed by atoms with van der Waals surface area (Å²) in [6, 6.07) is 0.118. The summed E-state index contributed by atoms with van der Waals surface area (Å²) in [5.74, 6) is -1.18. The van der Waals surface area contributed by atoms with Crippen molar-refractivity contribution in [3.8, 4) is 0 Å². The third-order valence-electron chi connectivity index (χ3n) is 2.52. The molecule has 5 heteroatoms. The van der Waals surface area contributed by atoms with E-state index in [1.165, 1.54) is 4.90 Å². The van der Waals surface area contributed by atoms with Crippen molar-refractivity contribution in [1.82, 2.24) is 4.90 Å². The molecule has 0 aromatic rings. The highest BCUT2D eigenvalue weighted by Crippen LogP contribution is 2.09. The minimum absolute atomic E-state index is 0.118. The number of carboxylic acids is 1. The zero-order valence-electron chi connectivity index (χ0n) is 9.40. The Bertz CT molecular complexity index is 221. The van der Waals surface area contributed by atoms with E-state index in [0.717, 1.165) is 19.3 Å². The van der Waals surface area contributed by atoms with Gasteiger partial charge in [-0.15, -0.1) is 0 Å². The number of rotatable bonds is 7. The number of nitrogens with zero attached hydrogens (tertiary/aromatic N) is 1.